The van der Waals surface area contributed by atoms with E-state index in [0.29, 0.717) is 39.1 Å². The lowest BCUT2D eigenvalue weighted by Gasteiger charge is -2.36. The average molecular weight is 315 g/mol. The molecule has 2 rings (SSSR count). The normalized spacial score (nSPS) is 17.7. The third kappa shape index (κ3) is 3.61. The zero-order chi connectivity index (χ0) is 14.6. The van der Waals surface area contributed by atoms with E-state index >= 15 is 0 Å². The highest BCUT2D eigenvalue weighted by atomic mass is 35.5. The maximum atomic E-state index is 12.7. The highest BCUT2D eigenvalue weighted by Gasteiger charge is 2.38. The van der Waals surface area contributed by atoms with Gasteiger partial charge in [-0.2, -0.15) is 0 Å². The highest BCUT2D eigenvalue weighted by Crippen LogP contribution is 2.25. The number of thiophene rings is 1. The first kappa shape index (κ1) is 15.5. The number of carbonyl (C=O) groups excluding carboxylic acids is 1. The van der Waals surface area contributed by atoms with Crippen molar-refractivity contribution in [1.29, 1.82) is 0 Å². The van der Waals surface area contributed by atoms with Crippen molar-refractivity contribution in [2.24, 2.45) is 5.73 Å². The Hall–Kier alpha value is -0.880. The molecule has 1 aliphatic heterocycles. The highest BCUT2D eigenvalue weighted by molar-refractivity contribution is 7.16. The van der Waals surface area contributed by atoms with E-state index in [1.165, 1.54) is 11.3 Å². The smallest absolute Gasteiger partial charge is 0.243 e. The Bertz CT molecular complexity index is 483. The molecule has 110 valence electrons. The molecule has 1 aromatic heterocycles. The molecule has 0 aliphatic carbocycles. The van der Waals surface area contributed by atoms with Gasteiger partial charge in [-0.3, -0.25) is 4.79 Å². The fraction of sp³-hybridized carbons (Fsp3) is 0.500. The minimum Gasteiger partial charge on any atom is -0.381 e. The van der Waals surface area contributed by atoms with Gasteiger partial charge in [0.15, 0.2) is 0 Å². The number of hydrogen-bond donors (Lipinski definition) is 1. The van der Waals surface area contributed by atoms with Gasteiger partial charge in [-0.05, 0) is 25.0 Å². The van der Waals surface area contributed by atoms with E-state index < -0.39 is 5.54 Å². The average Bonchev–Trinajstić information content (AvgIpc) is 2.84. The van der Waals surface area contributed by atoms with E-state index in [1.807, 2.05) is 12.1 Å². The Morgan fingerprint density at radius 3 is 2.80 bits per heavy atom. The summed E-state index contributed by atoms with van der Waals surface area (Å²) in [4.78, 5) is 15.5. The number of halogens is 1. The minimum absolute atomic E-state index is 0.0368. The lowest BCUT2D eigenvalue weighted by Crippen LogP contribution is -2.57. The van der Waals surface area contributed by atoms with Gasteiger partial charge in [-0.25, -0.2) is 0 Å². The molecule has 2 N–H and O–H groups in total. The Labute approximate surface area is 128 Å². The Morgan fingerprint density at radius 1 is 1.55 bits per heavy atom. The fourth-order valence-corrected chi connectivity index (χ4v) is 3.37. The molecule has 1 aromatic rings. The van der Waals surface area contributed by atoms with Gasteiger partial charge in [0.25, 0.3) is 0 Å². The van der Waals surface area contributed by atoms with Gasteiger partial charge in [-0.15, -0.1) is 17.9 Å². The molecule has 0 bridgehead atoms. The predicted molar refractivity (Wildman–Crippen MR) is 81.9 cm³/mol. The molecule has 0 unspecified atom stereocenters. The van der Waals surface area contributed by atoms with Crippen LogP contribution in [0.4, 0.5) is 0 Å². The standard InChI is InChI=1S/C14H19ClN2O2S/c1-2-7-17(10-11-3-4-12(15)20-11)13(18)14(16)5-8-19-9-6-14/h2-4H,1,5-10,16H2. The predicted octanol–water partition coefficient (Wildman–Crippen LogP) is 2.42. The van der Waals surface area contributed by atoms with Crippen LogP contribution in [-0.4, -0.2) is 36.1 Å². The van der Waals surface area contributed by atoms with Crippen molar-refractivity contribution in [3.63, 3.8) is 0 Å². The summed E-state index contributed by atoms with van der Waals surface area (Å²) in [5.41, 5.74) is 5.45. The number of carbonyl (C=O) groups is 1. The summed E-state index contributed by atoms with van der Waals surface area (Å²) >= 11 is 7.41. The molecule has 20 heavy (non-hydrogen) atoms. The maximum absolute atomic E-state index is 12.7. The molecule has 4 nitrogen and oxygen atoms in total. The molecule has 0 aromatic carbocycles. The van der Waals surface area contributed by atoms with Crippen molar-refractivity contribution in [3.8, 4) is 0 Å². The number of rotatable bonds is 5. The number of nitrogens with two attached hydrogens (primary N) is 1. The number of amides is 1. The second-order valence-electron chi connectivity index (χ2n) is 4.95. The van der Waals surface area contributed by atoms with Crippen LogP contribution in [0.25, 0.3) is 0 Å². The molecule has 1 fully saturated rings. The van der Waals surface area contributed by atoms with E-state index in [0.717, 1.165) is 9.21 Å². The minimum atomic E-state index is -0.817. The van der Waals surface area contributed by atoms with E-state index in [4.69, 9.17) is 22.1 Å². The van der Waals surface area contributed by atoms with Gasteiger partial charge in [-0.1, -0.05) is 17.7 Å². The van der Waals surface area contributed by atoms with Crippen molar-refractivity contribution in [1.82, 2.24) is 4.90 Å². The van der Waals surface area contributed by atoms with Crippen LogP contribution < -0.4 is 5.73 Å². The Morgan fingerprint density at radius 2 is 2.25 bits per heavy atom. The zero-order valence-corrected chi connectivity index (χ0v) is 12.9. The summed E-state index contributed by atoms with van der Waals surface area (Å²) in [6.45, 7) is 5.79. The van der Waals surface area contributed by atoms with Crippen LogP contribution in [0.1, 0.15) is 17.7 Å². The van der Waals surface area contributed by atoms with Gasteiger partial charge in [0, 0.05) is 24.6 Å². The summed E-state index contributed by atoms with van der Waals surface area (Å²) in [6, 6.07) is 3.77. The Balaban J connectivity index is 2.10. The SMILES string of the molecule is C=CCN(Cc1ccc(Cl)s1)C(=O)C1(N)CCOCC1. The first-order valence-corrected chi connectivity index (χ1v) is 7.76. The summed E-state index contributed by atoms with van der Waals surface area (Å²) in [5, 5.41) is 0. The fourth-order valence-electron chi connectivity index (χ4n) is 2.26. The summed E-state index contributed by atoms with van der Waals surface area (Å²) in [5.74, 6) is -0.0368. The molecule has 6 heteroatoms. The Kier molecular flexibility index (Phi) is 5.21. The number of hydrogen-bond acceptors (Lipinski definition) is 4. The van der Waals surface area contributed by atoms with Gasteiger partial charge in [0.1, 0.15) is 0 Å². The molecule has 1 aliphatic rings. The first-order chi connectivity index (χ1) is 9.55. The van der Waals surface area contributed by atoms with Gasteiger partial charge < -0.3 is 15.4 Å². The van der Waals surface area contributed by atoms with Crippen LogP contribution in [0.3, 0.4) is 0 Å². The van der Waals surface area contributed by atoms with Crippen molar-refractivity contribution in [2.75, 3.05) is 19.8 Å². The molecule has 2 heterocycles. The van der Waals surface area contributed by atoms with E-state index in [-0.39, 0.29) is 5.91 Å². The van der Waals surface area contributed by atoms with Crippen molar-refractivity contribution < 1.29 is 9.53 Å². The third-order valence-corrected chi connectivity index (χ3v) is 4.64. The molecule has 1 amide bonds. The van der Waals surface area contributed by atoms with Crippen LogP contribution in [-0.2, 0) is 16.1 Å². The number of ether oxygens (including phenoxy) is 1. The molecule has 0 radical (unpaired) electrons. The first-order valence-electron chi connectivity index (χ1n) is 6.56. The summed E-state index contributed by atoms with van der Waals surface area (Å²) in [7, 11) is 0. The van der Waals surface area contributed by atoms with Gasteiger partial charge in [0.05, 0.1) is 16.4 Å². The van der Waals surface area contributed by atoms with Crippen LogP contribution in [0.2, 0.25) is 4.34 Å². The van der Waals surface area contributed by atoms with Gasteiger partial charge in [0.2, 0.25) is 5.91 Å². The van der Waals surface area contributed by atoms with E-state index in [2.05, 4.69) is 6.58 Å². The summed E-state index contributed by atoms with van der Waals surface area (Å²) < 4.78 is 6.01. The van der Waals surface area contributed by atoms with E-state index in [9.17, 15) is 4.79 Å². The number of nitrogens with zero attached hydrogens (tertiary/aromatic N) is 1. The topological polar surface area (TPSA) is 55.6 Å². The van der Waals surface area contributed by atoms with Gasteiger partial charge >= 0.3 is 0 Å². The van der Waals surface area contributed by atoms with E-state index in [1.54, 1.807) is 11.0 Å². The van der Waals surface area contributed by atoms with Crippen LogP contribution in [0, 0.1) is 0 Å². The molecular weight excluding hydrogens is 296 g/mol. The van der Waals surface area contributed by atoms with Crippen molar-refractivity contribution in [3.05, 3.63) is 34.0 Å². The van der Waals surface area contributed by atoms with Crippen molar-refractivity contribution >= 4 is 28.8 Å². The molecule has 0 spiro atoms. The monoisotopic (exact) mass is 314 g/mol. The maximum Gasteiger partial charge on any atom is 0.243 e. The second-order valence-corrected chi connectivity index (χ2v) is 6.75. The van der Waals surface area contributed by atoms with Crippen LogP contribution in [0.5, 0.6) is 0 Å². The van der Waals surface area contributed by atoms with Crippen LogP contribution in [0.15, 0.2) is 24.8 Å². The third-order valence-electron chi connectivity index (χ3n) is 3.42. The molecular formula is C14H19ClN2O2S. The molecule has 0 atom stereocenters. The van der Waals surface area contributed by atoms with Crippen molar-refractivity contribution in [2.45, 2.75) is 24.9 Å². The van der Waals surface area contributed by atoms with Crippen LogP contribution >= 0.6 is 22.9 Å². The summed E-state index contributed by atoms with van der Waals surface area (Å²) in [6.07, 6.45) is 2.84. The lowest BCUT2D eigenvalue weighted by atomic mass is 9.89. The lowest BCUT2D eigenvalue weighted by molar-refractivity contribution is -0.140. The second kappa shape index (κ2) is 6.72. The zero-order valence-electron chi connectivity index (χ0n) is 11.3. The molecule has 1 saturated heterocycles. The largest absolute Gasteiger partial charge is 0.381 e. The quantitative estimate of drug-likeness (QED) is 0.849. The molecule has 0 saturated carbocycles.